The lowest BCUT2D eigenvalue weighted by Gasteiger charge is -2.08. The summed E-state index contributed by atoms with van der Waals surface area (Å²) < 4.78 is 1.54. The smallest absolute Gasteiger partial charge is 0.274 e. The highest BCUT2D eigenvalue weighted by molar-refractivity contribution is 5.90. The number of anilines is 1. The van der Waals surface area contributed by atoms with Crippen molar-refractivity contribution in [3.8, 4) is 0 Å². The summed E-state index contributed by atoms with van der Waals surface area (Å²) in [6.45, 7) is 6.72. The molecule has 0 bridgehead atoms. The zero-order valence-electron chi connectivity index (χ0n) is 21.2. The Kier molecular flexibility index (Phi) is 8.63. The van der Waals surface area contributed by atoms with Crippen LogP contribution in [0.2, 0.25) is 0 Å². The number of carbonyl (C=O) groups is 2. The van der Waals surface area contributed by atoms with Gasteiger partial charge in [0.15, 0.2) is 0 Å². The van der Waals surface area contributed by atoms with Gasteiger partial charge in [-0.2, -0.15) is 0 Å². The molecule has 35 heavy (non-hydrogen) atoms. The van der Waals surface area contributed by atoms with Crippen LogP contribution in [-0.2, 0) is 22.6 Å². The van der Waals surface area contributed by atoms with E-state index in [2.05, 4.69) is 43.2 Å². The van der Waals surface area contributed by atoms with Crippen molar-refractivity contribution < 1.29 is 9.59 Å². The number of imidazole rings is 1. The van der Waals surface area contributed by atoms with Crippen LogP contribution in [0.5, 0.6) is 0 Å². The molecule has 186 valence electrons. The molecule has 0 saturated carbocycles. The van der Waals surface area contributed by atoms with Crippen molar-refractivity contribution in [2.45, 2.75) is 53.0 Å². The average Bonchev–Trinajstić information content (AvgIpc) is 3.18. The molecule has 2 heterocycles. The molecule has 1 aromatic carbocycles. The maximum absolute atomic E-state index is 13.0. The lowest BCUT2D eigenvalue weighted by molar-refractivity contribution is -0.123. The summed E-state index contributed by atoms with van der Waals surface area (Å²) in [6, 6.07) is 7.59. The van der Waals surface area contributed by atoms with E-state index in [1.807, 2.05) is 0 Å². The summed E-state index contributed by atoms with van der Waals surface area (Å²) in [6.07, 6.45) is 7.34. The molecule has 0 aliphatic rings. The van der Waals surface area contributed by atoms with Crippen molar-refractivity contribution in [1.82, 2.24) is 19.4 Å². The van der Waals surface area contributed by atoms with E-state index in [1.54, 1.807) is 38.5 Å². The normalized spacial score (nSPS) is 11.5. The minimum atomic E-state index is -0.281. The van der Waals surface area contributed by atoms with Crippen LogP contribution < -0.4 is 10.9 Å². The van der Waals surface area contributed by atoms with Crippen molar-refractivity contribution in [1.29, 1.82) is 0 Å². The number of pyridine rings is 1. The van der Waals surface area contributed by atoms with E-state index in [0.29, 0.717) is 24.6 Å². The summed E-state index contributed by atoms with van der Waals surface area (Å²) in [4.78, 5) is 46.4. The Labute approximate surface area is 206 Å². The Hall–Kier alpha value is -3.68. The number of allylic oxidation sites excluding steroid dienone is 1. The highest BCUT2D eigenvalue weighted by atomic mass is 16.2. The minimum absolute atomic E-state index is 0.0879. The van der Waals surface area contributed by atoms with Crippen molar-refractivity contribution >= 4 is 28.5 Å². The number of benzene rings is 1. The fourth-order valence-electron chi connectivity index (χ4n) is 3.91. The van der Waals surface area contributed by atoms with Crippen LogP contribution in [0.25, 0.3) is 11.0 Å². The number of unbranched alkanes of at least 4 members (excludes halogenated alkanes) is 1. The zero-order valence-corrected chi connectivity index (χ0v) is 21.2. The van der Waals surface area contributed by atoms with Crippen molar-refractivity contribution in [2.24, 2.45) is 5.92 Å². The van der Waals surface area contributed by atoms with Crippen LogP contribution in [0.4, 0.5) is 5.69 Å². The third-order valence-corrected chi connectivity index (χ3v) is 5.58. The van der Waals surface area contributed by atoms with Gasteiger partial charge >= 0.3 is 0 Å². The molecule has 8 heteroatoms. The molecule has 2 N–H and O–H groups in total. The predicted octanol–water partition coefficient (Wildman–Crippen LogP) is 4.03. The predicted molar refractivity (Wildman–Crippen MR) is 139 cm³/mol. The summed E-state index contributed by atoms with van der Waals surface area (Å²) in [7, 11) is 3.37. The number of rotatable bonds is 10. The van der Waals surface area contributed by atoms with Gasteiger partial charge in [-0.25, -0.2) is 4.98 Å². The Morgan fingerprint density at radius 1 is 1.26 bits per heavy atom. The summed E-state index contributed by atoms with van der Waals surface area (Å²) >= 11 is 0. The van der Waals surface area contributed by atoms with E-state index in [1.165, 1.54) is 26.7 Å². The second kappa shape index (κ2) is 11.6. The van der Waals surface area contributed by atoms with E-state index < -0.39 is 0 Å². The van der Waals surface area contributed by atoms with Gasteiger partial charge in [0, 0.05) is 26.7 Å². The molecule has 0 aliphatic heterocycles. The number of nitrogens with one attached hydrogen (secondary N) is 2. The van der Waals surface area contributed by atoms with Gasteiger partial charge in [0.1, 0.15) is 11.5 Å². The number of aromatic amines is 1. The van der Waals surface area contributed by atoms with Crippen molar-refractivity contribution in [3.05, 3.63) is 69.9 Å². The zero-order chi connectivity index (χ0) is 25.5. The molecule has 3 rings (SSSR count). The molecule has 0 unspecified atom stereocenters. The number of likely N-dealkylation sites (N-methyl/N-ethyl adjacent to an activating group) is 1. The second-order valence-electron chi connectivity index (χ2n) is 9.53. The van der Waals surface area contributed by atoms with Crippen molar-refractivity contribution in [2.75, 3.05) is 19.4 Å². The number of hydrogen-bond donors (Lipinski definition) is 2. The first-order valence-electron chi connectivity index (χ1n) is 12.0. The van der Waals surface area contributed by atoms with Gasteiger partial charge < -0.3 is 19.8 Å². The molecular formula is C27H35N5O3. The van der Waals surface area contributed by atoms with Crippen LogP contribution in [0.15, 0.2) is 47.4 Å². The largest absolute Gasteiger partial charge is 0.345 e. The first-order valence-corrected chi connectivity index (χ1v) is 12.0. The third kappa shape index (κ3) is 7.15. The van der Waals surface area contributed by atoms with E-state index in [4.69, 9.17) is 4.98 Å². The van der Waals surface area contributed by atoms with Gasteiger partial charge in [-0.1, -0.05) is 26.0 Å². The number of aromatic nitrogens is 3. The Balaban J connectivity index is 1.66. The monoisotopic (exact) mass is 477 g/mol. The average molecular weight is 478 g/mol. The SMILES string of the molecule is Cc1cc(CC(C)C)c2nc(Cn3cccc(NC(=O)CCC/C=C/C(=O)N(C)C)c3=O)[nH]c2c1. The minimum Gasteiger partial charge on any atom is -0.345 e. The van der Waals surface area contributed by atoms with Crippen molar-refractivity contribution in [3.63, 3.8) is 0 Å². The molecule has 2 amide bonds. The van der Waals surface area contributed by atoms with Gasteiger partial charge in [0.2, 0.25) is 11.8 Å². The molecule has 0 aliphatic carbocycles. The van der Waals surface area contributed by atoms with Crippen LogP contribution in [0.3, 0.4) is 0 Å². The summed E-state index contributed by atoms with van der Waals surface area (Å²) in [5, 5.41) is 2.72. The van der Waals surface area contributed by atoms with Gasteiger partial charge in [-0.15, -0.1) is 0 Å². The van der Waals surface area contributed by atoms with Gasteiger partial charge in [-0.05, 0) is 67.5 Å². The number of aryl methyl sites for hydroxylation is 1. The Morgan fingerprint density at radius 3 is 2.74 bits per heavy atom. The van der Waals surface area contributed by atoms with Crippen LogP contribution in [0, 0.1) is 12.8 Å². The van der Waals surface area contributed by atoms with Gasteiger partial charge in [-0.3, -0.25) is 14.4 Å². The summed E-state index contributed by atoms with van der Waals surface area (Å²) in [5.74, 6) is 0.889. The lowest BCUT2D eigenvalue weighted by Crippen LogP contribution is -2.26. The van der Waals surface area contributed by atoms with Crippen LogP contribution in [-0.4, -0.2) is 45.3 Å². The molecule has 0 saturated heterocycles. The van der Waals surface area contributed by atoms with Gasteiger partial charge in [0.05, 0.1) is 17.6 Å². The number of carbonyl (C=O) groups excluding carboxylic acids is 2. The molecular weight excluding hydrogens is 442 g/mol. The highest BCUT2D eigenvalue weighted by Gasteiger charge is 2.13. The Bertz CT molecular complexity index is 1280. The molecule has 2 aromatic heterocycles. The molecule has 8 nitrogen and oxygen atoms in total. The van der Waals surface area contributed by atoms with Crippen LogP contribution >= 0.6 is 0 Å². The van der Waals surface area contributed by atoms with E-state index in [-0.39, 0.29) is 36.0 Å². The fourth-order valence-corrected chi connectivity index (χ4v) is 3.91. The second-order valence-corrected chi connectivity index (χ2v) is 9.53. The maximum Gasteiger partial charge on any atom is 0.274 e. The molecule has 0 fully saturated rings. The number of hydrogen-bond acceptors (Lipinski definition) is 4. The molecule has 0 radical (unpaired) electrons. The number of H-pyrrole nitrogens is 1. The third-order valence-electron chi connectivity index (χ3n) is 5.58. The van der Waals surface area contributed by atoms with Crippen LogP contribution in [0.1, 0.15) is 50.1 Å². The molecule has 0 atom stereocenters. The standard InChI is InChI=1S/C27H35N5O3/c1-18(2)14-20-15-19(3)16-22-26(20)30-23(28-22)17-32-13-9-10-21(27(32)35)29-24(33)11-7-6-8-12-25(34)31(4)5/h8-10,12-13,15-16,18H,6-7,11,14,17H2,1-5H3,(H,28,30)(H,29,33)/b12-8+. The maximum atomic E-state index is 13.0. The van der Waals surface area contributed by atoms with Gasteiger partial charge in [0.25, 0.3) is 5.56 Å². The van der Waals surface area contributed by atoms with E-state index >= 15 is 0 Å². The van der Waals surface area contributed by atoms with E-state index in [0.717, 1.165) is 17.5 Å². The number of nitrogens with zero attached hydrogens (tertiary/aromatic N) is 3. The fraction of sp³-hybridized carbons (Fsp3) is 0.407. The Morgan fingerprint density at radius 2 is 2.03 bits per heavy atom. The first kappa shape index (κ1) is 25.9. The van der Waals surface area contributed by atoms with E-state index in [9.17, 15) is 14.4 Å². The summed E-state index contributed by atoms with van der Waals surface area (Å²) in [5.41, 5.74) is 4.24. The number of fused-ring (bicyclic) bond motifs is 1. The number of amides is 2. The topological polar surface area (TPSA) is 100 Å². The quantitative estimate of drug-likeness (QED) is 0.340. The molecule has 0 spiro atoms. The lowest BCUT2D eigenvalue weighted by atomic mass is 10.00. The molecule has 3 aromatic rings. The first-order chi connectivity index (χ1) is 16.6. The highest BCUT2D eigenvalue weighted by Crippen LogP contribution is 2.22.